The van der Waals surface area contributed by atoms with Crippen LogP contribution in [0.15, 0.2) is 23.2 Å². The zero-order valence-corrected chi connectivity index (χ0v) is 12.7. The van der Waals surface area contributed by atoms with E-state index in [1.807, 2.05) is 0 Å². The zero-order chi connectivity index (χ0) is 14.2. The van der Waals surface area contributed by atoms with E-state index in [0.29, 0.717) is 12.5 Å². The molecule has 0 aromatic carbocycles. The molecular formula is C13H18ClN3O2S. The monoisotopic (exact) mass is 315 g/mol. The normalized spacial score (nSPS) is 24.1. The highest BCUT2D eigenvalue weighted by Gasteiger charge is 2.34. The molecule has 110 valence electrons. The van der Waals surface area contributed by atoms with E-state index >= 15 is 0 Å². The predicted octanol–water partition coefficient (Wildman–Crippen LogP) is 1.50. The molecule has 1 aliphatic heterocycles. The molecule has 1 saturated carbocycles. The van der Waals surface area contributed by atoms with Gasteiger partial charge in [-0.1, -0.05) is 11.6 Å². The van der Waals surface area contributed by atoms with Crippen molar-refractivity contribution in [3.8, 4) is 0 Å². The minimum Gasteiger partial charge on any atom is -0.300 e. The van der Waals surface area contributed by atoms with Crippen molar-refractivity contribution in [2.45, 2.75) is 30.2 Å². The van der Waals surface area contributed by atoms with Crippen molar-refractivity contribution in [2.24, 2.45) is 5.92 Å². The second kappa shape index (κ2) is 5.60. The van der Waals surface area contributed by atoms with Gasteiger partial charge in [0.1, 0.15) is 5.15 Å². The molecule has 1 aromatic rings. The molecule has 1 aliphatic carbocycles. The van der Waals surface area contributed by atoms with Crippen LogP contribution in [-0.2, 0) is 10.0 Å². The average Bonchev–Trinajstić information content (AvgIpc) is 3.16. The van der Waals surface area contributed by atoms with Gasteiger partial charge in [-0.15, -0.1) is 0 Å². The van der Waals surface area contributed by atoms with Gasteiger partial charge >= 0.3 is 0 Å². The van der Waals surface area contributed by atoms with Crippen molar-refractivity contribution < 1.29 is 8.42 Å². The quantitative estimate of drug-likeness (QED) is 0.836. The molecule has 1 N–H and O–H groups in total. The van der Waals surface area contributed by atoms with E-state index in [-0.39, 0.29) is 10.0 Å². The number of hydrogen-bond donors (Lipinski definition) is 1. The summed E-state index contributed by atoms with van der Waals surface area (Å²) in [4.78, 5) is 6.44. The Morgan fingerprint density at radius 2 is 2.20 bits per heavy atom. The van der Waals surface area contributed by atoms with Crippen molar-refractivity contribution in [3.05, 3.63) is 23.5 Å². The first-order valence-corrected chi connectivity index (χ1v) is 8.76. The van der Waals surface area contributed by atoms with Crippen LogP contribution in [0.25, 0.3) is 0 Å². The number of hydrogen-bond acceptors (Lipinski definition) is 4. The second-order valence-corrected chi connectivity index (χ2v) is 7.70. The number of sulfonamides is 1. The number of aromatic nitrogens is 1. The predicted molar refractivity (Wildman–Crippen MR) is 77.1 cm³/mol. The molecule has 0 spiro atoms. The summed E-state index contributed by atoms with van der Waals surface area (Å²) in [5, 5.41) is 0.189. The smallest absolute Gasteiger partial charge is 0.240 e. The molecule has 5 nitrogen and oxygen atoms in total. The minimum absolute atomic E-state index is 0.176. The summed E-state index contributed by atoms with van der Waals surface area (Å²) < 4.78 is 27.0. The first-order valence-electron chi connectivity index (χ1n) is 6.90. The van der Waals surface area contributed by atoms with E-state index in [2.05, 4.69) is 14.6 Å². The molecule has 0 bridgehead atoms. The molecule has 1 saturated heterocycles. The first kappa shape index (κ1) is 14.3. The van der Waals surface area contributed by atoms with Crippen LogP contribution in [0.4, 0.5) is 0 Å². The van der Waals surface area contributed by atoms with Crippen molar-refractivity contribution >= 4 is 21.6 Å². The van der Waals surface area contributed by atoms with E-state index in [1.165, 1.54) is 31.2 Å². The lowest BCUT2D eigenvalue weighted by atomic mass is 10.1. The lowest BCUT2D eigenvalue weighted by molar-refractivity contribution is 0.314. The van der Waals surface area contributed by atoms with E-state index in [9.17, 15) is 8.42 Å². The van der Waals surface area contributed by atoms with Crippen molar-refractivity contribution in [1.82, 2.24) is 14.6 Å². The van der Waals surface area contributed by atoms with Crippen LogP contribution in [0, 0.1) is 5.92 Å². The Labute approximate surface area is 124 Å². The number of nitrogens with zero attached hydrogens (tertiary/aromatic N) is 2. The molecule has 20 heavy (non-hydrogen) atoms. The zero-order valence-electron chi connectivity index (χ0n) is 11.1. The van der Waals surface area contributed by atoms with E-state index in [4.69, 9.17) is 11.6 Å². The number of nitrogens with one attached hydrogen (secondary N) is 1. The maximum atomic E-state index is 12.2. The molecule has 1 atom stereocenters. The Bertz CT molecular complexity index is 589. The Morgan fingerprint density at radius 1 is 1.40 bits per heavy atom. The third-order valence-corrected chi connectivity index (χ3v) is 5.58. The van der Waals surface area contributed by atoms with Crippen molar-refractivity contribution in [3.63, 3.8) is 0 Å². The Morgan fingerprint density at radius 3 is 2.90 bits per heavy atom. The maximum Gasteiger partial charge on any atom is 0.240 e. The summed E-state index contributed by atoms with van der Waals surface area (Å²) in [5.41, 5.74) is 0. The average molecular weight is 316 g/mol. The summed E-state index contributed by atoms with van der Waals surface area (Å²) in [7, 11) is -3.49. The lowest BCUT2D eigenvalue weighted by Gasteiger charge is -2.15. The van der Waals surface area contributed by atoms with Gasteiger partial charge in [-0.2, -0.15) is 0 Å². The fourth-order valence-electron chi connectivity index (χ4n) is 2.66. The van der Waals surface area contributed by atoms with Crippen LogP contribution in [0.3, 0.4) is 0 Å². The van der Waals surface area contributed by atoms with E-state index in [0.717, 1.165) is 25.6 Å². The minimum atomic E-state index is -3.49. The molecule has 7 heteroatoms. The summed E-state index contributed by atoms with van der Waals surface area (Å²) in [6, 6.07) is 3.59. The fraction of sp³-hybridized carbons (Fsp3) is 0.615. The number of halogens is 1. The van der Waals surface area contributed by atoms with Crippen LogP contribution >= 0.6 is 11.6 Å². The molecular weight excluding hydrogens is 298 g/mol. The van der Waals surface area contributed by atoms with E-state index < -0.39 is 10.0 Å². The Hall–Kier alpha value is -0.690. The van der Waals surface area contributed by atoms with Crippen LogP contribution < -0.4 is 4.72 Å². The van der Waals surface area contributed by atoms with Gasteiger partial charge in [0.15, 0.2) is 0 Å². The topological polar surface area (TPSA) is 62.3 Å². The van der Waals surface area contributed by atoms with Crippen LogP contribution in [0.1, 0.15) is 19.3 Å². The first-order chi connectivity index (χ1) is 9.54. The Kier molecular flexibility index (Phi) is 3.99. The lowest BCUT2D eigenvalue weighted by Crippen LogP contribution is -2.31. The standard InChI is InChI=1S/C13H18ClN3O2S/c14-13-7-12(3-5-15-13)20(18,19)16-8-10-4-6-17(9-10)11-1-2-11/h3,5,7,10-11,16H,1-2,4,6,8-9H2. The highest BCUT2D eigenvalue weighted by Crippen LogP contribution is 2.31. The molecule has 1 unspecified atom stereocenters. The van der Waals surface area contributed by atoms with Gasteiger partial charge in [0.05, 0.1) is 4.90 Å². The largest absolute Gasteiger partial charge is 0.300 e. The number of rotatable bonds is 5. The highest BCUT2D eigenvalue weighted by atomic mass is 35.5. The molecule has 2 heterocycles. The van der Waals surface area contributed by atoms with Gasteiger partial charge in [0.2, 0.25) is 10.0 Å². The summed E-state index contributed by atoms with van der Waals surface area (Å²) in [6.45, 7) is 2.59. The third-order valence-electron chi connectivity index (χ3n) is 3.95. The third kappa shape index (κ3) is 3.31. The number of pyridine rings is 1. The van der Waals surface area contributed by atoms with Crippen molar-refractivity contribution in [2.75, 3.05) is 19.6 Å². The summed E-state index contributed by atoms with van der Waals surface area (Å²) >= 11 is 5.73. The van der Waals surface area contributed by atoms with Gasteiger partial charge in [0.25, 0.3) is 0 Å². The highest BCUT2D eigenvalue weighted by molar-refractivity contribution is 7.89. The maximum absolute atomic E-state index is 12.2. The van der Waals surface area contributed by atoms with Gasteiger partial charge in [-0.3, -0.25) is 0 Å². The molecule has 2 aliphatic rings. The molecule has 0 amide bonds. The van der Waals surface area contributed by atoms with Gasteiger partial charge < -0.3 is 4.90 Å². The van der Waals surface area contributed by atoms with Crippen molar-refractivity contribution in [1.29, 1.82) is 0 Å². The molecule has 3 rings (SSSR count). The van der Waals surface area contributed by atoms with Crippen LogP contribution in [0.5, 0.6) is 0 Å². The van der Waals surface area contributed by atoms with E-state index in [1.54, 1.807) is 0 Å². The molecule has 2 fully saturated rings. The summed E-state index contributed by atoms with van der Waals surface area (Å²) in [6.07, 6.45) is 5.07. The van der Waals surface area contributed by atoms with Gasteiger partial charge in [0, 0.05) is 25.3 Å². The fourth-order valence-corrected chi connectivity index (χ4v) is 4.03. The van der Waals surface area contributed by atoms with Gasteiger partial charge in [-0.25, -0.2) is 18.1 Å². The second-order valence-electron chi connectivity index (χ2n) is 5.55. The summed E-state index contributed by atoms with van der Waals surface area (Å²) in [5.74, 6) is 0.405. The SMILES string of the molecule is O=S(=O)(NCC1CCN(C2CC2)C1)c1ccnc(Cl)c1. The Balaban J connectivity index is 1.57. The molecule has 0 radical (unpaired) electrons. The van der Waals surface area contributed by atoms with Crippen LogP contribution in [0.2, 0.25) is 5.15 Å². The van der Waals surface area contributed by atoms with Gasteiger partial charge in [-0.05, 0) is 43.9 Å². The molecule has 1 aromatic heterocycles. The van der Waals surface area contributed by atoms with Crippen LogP contribution in [-0.4, -0.2) is 44.0 Å². The number of likely N-dealkylation sites (tertiary alicyclic amines) is 1.